The Hall–Kier alpha value is -1.35. The van der Waals surface area contributed by atoms with E-state index in [4.69, 9.17) is 28.2 Å². The van der Waals surface area contributed by atoms with Crippen molar-refractivity contribution in [3.63, 3.8) is 0 Å². The first-order valence-corrected chi connectivity index (χ1v) is 9.37. The Morgan fingerprint density at radius 2 is 1.50 bits per heavy atom. The summed E-state index contributed by atoms with van der Waals surface area (Å²) in [6.07, 6.45) is 0. The molecule has 0 bridgehead atoms. The van der Waals surface area contributed by atoms with Gasteiger partial charge in [-0.3, -0.25) is 0 Å². The lowest BCUT2D eigenvalue weighted by Crippen LogP contribution is -2.10. The smallest absolute Gasteiger partial charge is 0.0992 e. The van der Waals surface area contributed by atoms with Gasteiger partial charge >= 0.3 is 0 Å². The molecule has 0 unspecified atom stereocenters. The number of benzene rings is 2. The van der Waals surface area contributed by atoms with Crippen LogP contribution in [-0.4, -0.2) is 4.98 Å². The summed E-state index contributed by atoms with van der Waals surface area (Å²) in [5, 5.41) is 2.22. The molecule has 3 rings (SSSR count). The van der Waals surface area contributed by atoms with E-state index in [9.17, 15) is 0 Å². The molecule has 24 heavy (non-hydrogen) atoms. The highest BCUT2D eigenvalue weighted by molar-refractivity contribution is 7.15. The average molecular weight is 376 g/mol. The maximum atomic E-state index is 6.22. The number of thiazole rings is 1. The number of halogens is 2. The van der Waals surface area contributed by atoms with Crippen LogP contribution in [0, 0.1) is 6.92 Å². The van der Waals surface area contributed by atoms with Crippen LogP contribution >= 0.6 is 34.5 Å². The van der Waals surface area contributed by atoms with Crippen molar-refractivity contribution in [3.8, 4) is 21.7 Å². The molecule has 4 heteroatoms. The first-order chi connectivity index (χ1) is 11.3. The molecule has 1 heterocycles. The third-order valence-electron chi connectivity index (χ3n) is 3.78. The minimum absolute atomic E-state index is 0.00141. The topological polar surface area (TPSA) is 12.9 Å². The molecule has 124 valence electrons. The fraction of sp³-hybridized carbons (Fsp3) is 0.250. The molecular formula is C20H19Cl2NS. The van der Waals surface area contributed by atoms with Crippen molar-refractivity contribution in [2.75, 3.05) is 0 Å². The van der Waals surface area contributed by atoms with E-state index < -0.39 is 0 Å². The normalized spacial score (nSPS) is 11.8. The predicted molar refractivity (Wildman–Crippen MR) is 106 cm³/mol. The third kappa shape index (κ3) is 3.51. The molecule has 0 spiro atoms. The molecule has 0 aliphatic heterocycles. The van der Waals surface area contributed by atoms with Gasteiger partial charge in [0.05, 0.1) is 25.6 Å². The Balaban J connectivity index is 2.21. The molecule has 3 aromatic rings. The minimum atomic E-state index is -0.00141. The van der Waals surface area contributed by atoms with Crippen molar-refractivity contribution in [3.05, 3.63) is 63.1 Å². The lowest BCUT2D eigenvalue weighted by atomic mass is 9.98. The minimum Gasteiger partial charge on any atom is -0.240 e. The molecule has 0 fully saturated rings. The van der Waals surface area contributed by atoms with Crippen LogP contribution in [0.25, 0.3) is 21.7 Å². The highest BCUT2D eigenvalue weighted by Crippen LogP contribution is 2.41. The fourth-order valence-corrected chi connectivity index (χ4v) is 3.83. The van der Waals surface area contributed by atoms with E-state index in [0.29, 0.717) is 10.0 Å². The van der Waals surface area contributed by atoms with E-state index in [1.807, 2.05) is 18.2 Å². The Labute approximate surface area is 157 Å². The summed E-state index contributed by atoms with van der Waals surface area (Å²) in [5.74, 6) is 0. The second kappa shape index (κ2) is 6.51. The van der Waals surface area contributed by atoms with Gasteiger partial charge in [0, 0.05) is 11.0 Å². The van der Waals surface area contributed by atoms with E-state index in [-0.39, 0.29) is 5.41 Å². The molecule has 1 aromatic heterocycles. The van der Waals surface area contributed by atoms with Gasteiger partial charge in [-0.1, -0.05) is 79.9 Å². The zero-order valence-corrected chi connectivity index (χ0v) is 16.5. The molecule has 0 N–H and O–H groups in total. The molecule has 1 nitrogen and oxygen atoms in total. The zero-order valence-electron chi connectivity index (χ0n) is 14.2. The van der Waals surface area contributed by atoms with Crippen molar-refractivity contribution in [1.82, 2.24) is 4.98 Å². The largest absolute Gasteiger partial charge is 0.240 e. The lowest BCUT2D eigenvalue weighted by molar-refractivity contribution is 0.586. The van der Waals surface area contributed by atoms with Crippen LogP contribution in [-0.2, 0) is 5.41 Å². The third-order valence-corrected chi connectivity index (χ3v) is 6.04. The fourth-order valence-electron chi connectivity index (χ4n) is 2.38. The first-order valence-electron chi connectivity index (χ1n) is 7.79. The standard InChI is InChI=1S/C20H19Cl2NS/c1-12-5-7-13(8-6-12)18-17(23-19(24-18)20(2,3)4)14-9-10-15(21)16(22)11-14/h5-11H,1-4H3. The summed E-state index contributed by atoms with van der Waals surface area (Å²) in [7, 11) is 0. The molecule has 0 radical (unpaired) electrons. The zero-order chi connectivity index (χ0) is 17.5. The van der Waals surface area contributed by atoms with Gasteiger partial charge in [0.25, 0.3) is 0 Å². The first kappa shape index (κ1) is 17.5. The predicted octanol–water partition coefficient (Wildman–Crippen LogP) is 7.39. The number of hydrogen-bond acceptors (Lipinski definition) is 2. The van der Waals surface area contributed by atoms with Crippen molar-refractivity contribution in [2.45, 2.75) is 33.1 Å². The summed E-state index contributed by atoms with van der Waals surface area (Å²) in [6.45, 7) is 8.65. The summed E-state index contributed by atoms with van der Waals surface area (Å²) in [4.78, 5) is 6.10. The molecule has 0 aliphatic rings. The van der Waals surface area contributed by atoms with Crippen molar-refractivity contribution in [2.24, 2.45) is 0 Å². The number of aryl methyl sites for hydroxylation is 1. The molecule has 0 saturated carbocycles. The van der Waals surface area contributed by atoms with Crippen LogP contribution in [0.1, 0.15) is 31.3 Å². The van der Waals surface area contributed by atoms with Crippen molar-refractivity contribution >= 4 is 34.5 Å². The molecule has 0 atom stereocenters. The van der Waals surface area contributed by atoms with Crippen LogP contribution in [0.3, 0.4) is 0 Å². The maximum absolute atomic E-state index is 6.22. The van der Waals surface area contributed by atoms with Gasteiger partial charge in [-0.15, -0.1) is 11.3 Å². The molecular weight excluding hydrogens is 357 g/mol. The highest BCUT2D eigenvalue weighted by atomic mass is 35.5. The molecule has 0 amide bonds. The van der Waals surface area contributed by atoms with Gasteiger partial charge in [-0.05, 0) is 24.6 Å². The Kier molecular flexibility index (Phi) is 4.74. The van der Waals surface area contributed by atoms with E-state index >= 15 is 0 Å². The summed E-state index contributed by atoms with van der Waals surface area (Å²) < 4.78 is 0. The second-order valence-corrected chi connectivity index (χ2v) is 8.76. The van der Waals surface area contributed by atoms with Gasteiger partial charge in [0.2, 0.25) is 0 Å². The SMILES string of the molecule is Cc1ccc(-c2sc(C(C)(C)C)nc2-c2ccc(Cl)c(Cl)c2)cc1. The van der Waals surface area contributed by atoms with E-state index in [1.54, 1.807) is 11.3 Å². The van der Waals surface area contributed by atoms with Gasteiger partial charge < -0.3 is 0 Å². The Morgan fingerprint density at radius 1 is 0.875 bits per heavy atom. The van der Waals surface area contributed by atoms with Gasteiger partial charge in [-0.2, -0.15) is 0 Å². The van der Waals surface area contributed by atoms with E-state index in [1.165, 1.54) is 16.0 Å². The maximum Gasteiger partial charge on any atom is 0.0992 e. The van der Waals surface area contributed by atoms with Crippen LogP contribution in [0.5, 0.6) is 0 Å². The monoisotopic (exact) mass is 375 g/mol. The highest BCUT2D eigenvalue weighted by Gasteiger charge is 2.23. The van der Waals surface area contributed by atoms with Crippen LogP contribution in [0.4, 0.5) is 0 Å². The van der Waals surface area contributed by atoms with E-state index in [2.05, 4.69) is 52.0 Å². The number of aromatic nitrogens is 1. The summed E-state index contributed by atoms with van der Waals surface area (Å²) in [5.41, 5.74) is 4.38. The number of hydrogen-bond donors (Lipinski definition) is 0. The molecule has 0 saturated heterocycles. The quantitative estimate of drug-likeness (QED) is 0.454. The van der Waals surface area contributed by atoms with Crippen LogP contribution in [0.15, 0.2) is 42.5 Å². The summed E-state index contributed by atoms with van der Waals surface area (Å²) in [6, 6.07) is 14.3. The molecule has 2 aromatic carbocycles. The van der Waals surface area contributed by atoms with E-state index in [0.717, 1.165) is 16.3 Å². The van der Waals surface area contributed by atoms with Crippen molar-refractivity contribution < 1.29 is 0 Å². The van der Waals surface area contributed by atoms with Crippen LogP contribution < -0.4 is 0 Å². The Morgan fingerprint density at radius 3 is 2.08 bits per heavy atom. The number of rotatable bonds is 2. The van der Waals surface area contributed by atoms with Gasteiger partial charge in [0.1, 0.15) is 0 Å². The Bertz CT molecular complexity index is 874. The average Bonchev–Trinajstić information content (AvgIpc) is 2.96. The lowest BCUT2D eigenvalue weighted by Gasteiger charge is -2.13. The van der Waals surface area contributed by atoms with Crippen LogP contribution in [0.2, 0.25) is 10.0 Å². The van der Waals surface area contributed by atoms with Gasteiger partial charge in [0.15, 0.2) is 0 Å². The molecule has 0 aliphatic carbocycles. The van der Waals surface area contributed by atoms with Crippen molar-refractivity contribution in [1.29, 1.82) is 0 Å². The number of nitrogens with zero attached hydrogens (tertiary/aromatic N) is 1. The van der Waals surface area contributed by atoms with Gasteiger partial charge in [-0.25, -0.2) is 4.98 Å². The second-order valence-electron chi connectivity index (χ2n) is 6.94. The summed E-state index contributed by atoms with van der Waals surface area (Å²) >= 11 is 14.0.